The molecule has 3 N–H and O–H groups in total. The maximum Gasteiger partial charge on any atom is 0.320 e. The van der Waals surface area contributed by atoms with E-state index in [1.165, 1.54) is 0 Å². The summed E-state index contributed by atoms with van der Waals surface area (Å²) in [6.07, 6.45) is 3.13. The lowest BCUT2D eigenvalue weighted by Crippen LogP contribution is -2.46. The van der Waals surface area contributed by atoms with Crippen LogP contribution in [0, 0.1) is 0 Å². The van der Waals surface area contributed by atoms with Gasteiger partial charge in [0.25, 0.3) is 0 Å². The number of carbonyl (C=O) groups excluding carboxylic acids is 1. The molecule has 1 aromatic rings. The molecule has 112 valence electrons. The Morgan fingerprint density at radius 2 is 2.10 bits per heavy atom. The Balaban J connectivity index is 1.89. The van der Waals surface area contributed by atoms with Crippen LogP contribution in [-0.2, 0) is 5.41 Å². The molecule has 1 heterocycles. The van der Waals surface area contributed by atoms with Gasteiger partial charge in [0, 0.05) is 11.5 Å². The molecule has 1 fully saturated rings. The van der Waals surface area contributed by atoms with Gasteiger partial charge in [0.2, 0.25) is 0 Å². The Hall–Kier alpha value is -1.56. The number of rotatable bonds is 2. The van der Waals surface area contributed by atoms with Gasteiger partial charge >= 0.3 is 6.03 Å². The minimum Gasteiger partial charge on any atom is -0.391 e. The van der Waals surface area contributed by atoms with Crippen LogP contribution in [0.15, 0.2) is 10.6 Å². The molecule has 0 aliphatic heterocycles. The maximum absolute atomic E-state index is 11.9. The number of aromatic nitrogens is 1. The fraction of sp³-hybridized carbons (Fsp3) is 0.714. The van der Waals surface area contributed by atoms with Crippen LogP contribution in [0.3, 0.4) is 0 Å². The highest BCUT2D eigenvalue weighted by Gasteiger charge is 2.25. The zero-order chi connectivity index (χ0) is 14.8. The first kappa shape index (κ1) is 14.8. The van der Waals surface area contributed by atoms with Gasteiger partial charge in [0.15, 0.2) is 5.82 Å². The van der Waals surface area contributed by atoms with Gasteiger partial charge in [-0.25, -0.2) is 4.79 Å². The summed E-state index contributed by atoms with van der Waals surface area (Å²) in [4.78, 5) is 11.9. The third-order valence-electron chi connectivity index (χ3n) is 3.54. The van der Waals surface area contributed by atoms with Crippen LogP contribution in [0.5, 0.6) is 0 Å². The van der Waals surface area contributed by atoms with Gasteiger partial charge in [-0.3, -0.25) is 5.32 Å². The first-order valence-corrected chi connectivity index (χ1v) is 7.09. The number of aliphatic hydroxyl groups is 1. The van der Waals surface area contributed by atoms with Crippen molar-refractivity contribution >= 4 is 11.8 Å². The Kier molecular flexibility index (Phi) is 4.32. The van der Waals surface area contributed by atoms with Crippen molar-refractivity contribution in [3.63, 3.8) is 0 Å². The van der Waals surface area contributed by atoms with Crippen LogP contribution >= 0.6 is 0 Å². The average Bonchev–Trinajstić information content (AvgIpc) is 2.80. The third kappa shape index (κ3) is 3.72. The van der Waals surface area contributed by atoms with Crippen LogP contribution in [0.2, 0.25) is 0 Å². The fourth-order valence-corrected chi connectivity index (χ4v) is 2.29. The molecule has 1 aliphatic carbocycles. The monoisotopic (exact) mass is 281 g/mol. The van der Waals surface area contributed by atoms with Gasteiger partial charge in [-0.2, -0.15) is 0 Å². The van der Waals surface area contributed by atoms with Gasteiger partial charge < -0.3 is 14.9 Å². The lowest BCUT2D eigenvalue weighted by Gasteiger charge is -2.28. The van der Waals surface area contributed by atoms with Crippen molar-refractivity contribution in [2.75, 3.05) is 5.32 Å². The van der Waals surface area contributed by atoms with Gasteiger partial charge in [-0.1, -0.05) is 38.8 Å². The van der Waals surface area contributed by atoms with E-state index in [9.17, 15) is 9.90 Å². The molecule has 2 unspecified atom stereocenters. The molecule has 0 radical (unpaired) electrons. The molecule has 2 atom stereocenters. The van der Waals surface area contributed by atoms with E-state index in [1.807, 2.05) is 20.8 Å². The van der Waals surface area contributed by atoms with E-state index in [0.29, 0.717) is 11.6 Å². The van der Waals surface area contributed by atoms with E-state index >= 15 is 0 Å². The molecule has 2 rings (SSSR count). The van der Waals surface area contributed by atoms with Crippen molar-refractivity contribution in [2.24, 2.45) is 0 Å². The first-order valence-electron chi connectivity index (χ1n) is 7.09. The zero-order valence-electron chi connectivity index (χ0n) is 12.3. The average molecular weight is 281 g/mol. The quantitative estimate of drug-likeness (QED) is 0.776. The molecule has 0 saturated heterocycles. The molecule has 1 saturated carbocycles. The molecule has 0 aromatic carbocycles. The minimum atomic E-state index is -0.461. The van der Waals surface area contributed by atoms with Crippen LogP contribution in [0.4, 0.5) is 10.6 Å². The number of amides is 2. The van der Waals surface area contributed by atoms with Gasteiger partial charge in [0.05, 0.1) is 12.1 Å². The SMILES string of the molecule is CC(C)(C)c1cc(NC(=O)NC2CCCCC2O)no1. The molecule has 1 aromatic heterocycles. The fourth-order valence-electron chi connectivity index (χ4n) is 2.29. The summed E-state index contributed by atoms with van der Waals surface area (Å²) < 4.78 is 5.20. The Morgan fingerprint density at radius 1 is 1.40 bits per heavy atom. The maximum atomic E-state index is 11.9. The van der Waals surface area contributed by atoms with Crippen LogP contribution in [0.25, 0.3) is 0 Å². The summed E-state index contributed by atoms with van der Waals surface area (Å²) in [6.45, 7) is 6.03. The molecule has 1 aliphatic rings. The predicted octanol–water partition coefficient (Wildman–Crippen LogP) is 2.40. The molecular weight excluding hydrogens is 258 g/mol. The summed E-state index contributed by atoms with van der Waals surface area (Å²) in [5, 5.41) is 19.1. The molecule has 20 heavy (non-hydrogen) atoms. The lowest BCUT2D eigenvalue weighted by atomic mass is 9.93. The topological polar surface area (TPSA) is 87.4 Å². The third-order valence-corrected chi connectivity index (χ3v) is 3.54. The predicted molar refractivity (Wildman–Crippen MR) is 75.6 cm³/mol. The van der Waals surface area contributed by atoms with E-state index in [0.717, 1.165) is 25.7 Å². The van der Waals surface area contributed by atoms with Crippen molar-refractivity contribution in [3.8, 4) is 0 Å². The smallest absolute Gasteiger partial charge is 0.320 e. The minimum absolute atomic E-state index is 0.150. The van der Waals surface area contributed by atoms with Gasteiger partial charge in [-0.05, 0) is 12.8 Å². The number of hydrogen-bond acceptors (Lipinski definition) is 4. The number of hydrogen-bond donors (Lipinski definition) is 3. The van der Waals surface area contributed by atoms with E-state index in [-0.39, 0.29) is 17.5 Å². The Morgan fingerprint density at radius 3 is 2.70 bits per heavy atom. The van der Waals surface area contributed by atoms with Gasteiger partial charge in [-0.15, -0.1) is 0 Å². The summed E-state index contributed by atoms with van der Waals surface area (Å²) in [5.74, 6) is 1.10. The number of nitrogens with zero attached hydrogens (tertiary/aromatic N) is 1. The highest BCUT2D eigenvalue weighted by atomic mass is 16.5. The van der Waals surface area contributed by atoms with E-state index in [1.54, 1.807) is 6.07 Å². The molecule has 0 bridgehead atoms. The molecular formula is C14H23N3O3. The molecule has 6 nitrogen and oxygen atoms in total. The van der Waals surface area contributed by atoms with Gasteiger partial charge in [0.1, 0.15) is 5.76 Å². The van der Waals surface area contributed by atoms with Crippen molar-refractivity contribution < 1.29 is 14.4 Å². The van der Waals surface area contributed by atoms with E-state index in [4.69, 9.17) is 4.52 Å². The summed E-state index contributed by atoms with van der Waals surface area (Å²) in [6, 6.07) is 1.18. The van der Waals surface area contributed by atoms with Crippen molar-refractivity contribution in [2.45, 2.75) is 64.0 Å². The van der Waals surface area contributed by atoms with Crippen molar-refractivity contribution in [1.82, 2.24) is 10.5 Å². The second-order valence-corrected chi connectivity index (χ2v) is 6.38. The van der Waals surface area contributed by atoms with E-state index in [2.05, 4.69) is 15.8 Å². The normalized spacial score (nSPS) is 23.4. The summed E-state index contributed by atoms with van der Waals surface area (Å²) in [5.41, 5.74) is -0.150. The Labute approximate surface area is 118 Å². The molecule has 0 spiro atoms. The van der Waals surface area contributed by atoms with Crippen LogP contribution in [0.1, 0.15) is 52.2 Å². The second kappa shape index (κ2) is 5.83. The Bertz CT molecular complexity index is 464. The number of urea groups is 1. The zero-order valence-corrected chi connectivity index (χ0v) is 12.3. The van der Waals surface area contributed by atoms with Crippen LogP contribution in [-0.4, -0.2) is 28.4 Å². The lowest BCUT2D eigenvalue weighted by molar-refractivity contribution is 0.0955. The first-order chi connectivity index (χ1) is 9.36. The molecule has 6 heteroatoms. The van der Waals surface area contributed by atoms with Crippen molar-refractivity contribution in [3.05, 3.63) is 11.8 Å². The highest BCUT2D eigenvalue weighted by Crippen LogP contribution is 2.24. The largest absolute Gasteiger partial charge is 0.391 e. The van der Waals surface area contributed by atoms with Crippen molar-refractivity contribution in [1.29, 1.82) is 0 Å². The summed E-state index contributed by atoms with van der Waals surface area (Å²) >= 11 is 0. The number of nitrogens with one attached hydrogen (secondary N) is 2. The van der Waals surface area contributed by atoms with E-state index < -0.39 is 6.10 Å². The number of aliphatic hydroxyl groups excluding tert-OH is 1. The highest BCUT2D eigenvalue weighted by molar-refractivity contribution is 5.88. The molecule has 2 amide bonds. The second-order valence-electron chi connectivity index (χ2n) is 6.38. The standard InChI is InChI=1S/C14H23N3O3/c1-14(2,3)11-8-12(17-20-11)16-13(19)15-9-6-4-5-7-10(9)18/h8-10,18H,4-7H2,1-3H3,(H2,15,16,17,19). The summed E-state index contributed by atoms with van der Waals surface area (Å²) in [7, 11) is 0. The number of anilines is 1. The van der Waals surface area contributed by atoms with Crippen LogP contribution < -0.4 is 10.6 Å². The number of carbonyl (C=O) groups is 1.